The molecule has 0 radical (unpaired) electrons. The first kappa shape index (κ1) is 13.7. The molecule has 100 valence electrons. The van der Waals surface area contributed by atoms with Crippen LogP contribution in [0.2, 0.25) is 0 Å². The van der Waals surface area contributed by atoms with Crippen LogP contribution in [-0.2, 0) is 0 Å². The van der Waals surface area contributed by atoms with E-state index in [1.807, 2.05) is 13.0 Å². The van der Waals surface area contributed by atoms with Crippen molar-refractivity contribution in [2.45, 2.75) is 25.8 Å². The van der Waals surface area contributed by atoms with Crippen molar-refractivity contribution in [3.8, 4) is 0 Å². The predicted molar refractivity (Wildman–Crippen MR) is 80.1 cm³/mol. The molecular weight excluding hydrogens is 259 g/mol. The van der Waals surface area contributed by atoms with Crippen LogP contribution in [0.5, 0.6) is 0 Å². The first-order valence-electron chi connectivity index (χ1n) is 6.35. The molecule has 1 atom stereocenters. The normalized spacial score (nSPS) is 15.6. The van der Waals surface area contributed by atoms with Gasteiger partial charge in [0.05, 0.1) is 6.04 Å². The van der Waals surface area contributed by atoms with E-state index < -0.39 is 0 Å². The van der Waals surface area contributed by atoms with Gasteiger partial charge in [-0.3, -0.25) is 0 Å². The van der Waals surface area contributed by atoms with E-state index in [1.165, 1.54) is 12.1 Å². The molecule has 1 aliphatic rings. The van der Waals surface area contributed by atoms with E-state index in [0.29, 0.717) is 5.11 Å². The van der Waals surface area contributed by atoms with Gasteiger partial charge in [-0.25, -0.2) is 4.39 Å². The van der Waals surface area contributed by atoms with Gasteiger partial charge in [-0.1, -0.05) is 24.3 Å². The molecule has 1 aliphatic carbocycles. The molecule has 2 N–H and O–H groups in total. The van der Waals surface area contributed by atoms with Crippen molar-refractivity contribution in [1.82, 2.24) is 10.6 Å². The Balaban J connectivity index is 1.89. The standard InChI is InChI=1S/C15H17FN2S/c1-11(12-7-9-13(16)10-8-12)17-15(19)18-14-5-3-2-4-6-14/h3,5-11H,2,4H2,1H3,(H2,17,18,19). The Morgan fingerprint density at radius 2 is 2.00 bits per heavy atom. The molecular formula is C15H17FN2S. The summed E-state index contributed by atoms with van der Waals surface area (Å²) in [7, 11) is 0. The summed E-state index contributed by atoms with van der Waals surface area (Å²) in [4.78, 5) is 0. The fourth-order valence-electron chi connectivity index (χ4n) is 1.90. The second-order valence-corrected chi connectivity index (χ2v) is 4.92. The summed E-state index contributed by atoms with van der Waals surface area (Å²) in [5.74, 6) is -0.228. The van der Waals surface area contributed by atoms with Gasteiger partial charge in [0.25, 0.3) is 0 Å². The highest BCUT2D eigenvalue weighted by Crippen LogP contribution is 2.13. The van der Waals surface area contributed by atoms with Crippen molar-refractivity contribution >= 4 is 17.3 Å². The van der Waals surface area contributed by atoms with Gasteiger partial charge in [0.2, 0.25) is 0 Å². The van der Waals surface area contributed by atoms with Crippen molar-refractivity contribution in [2.75, 3.05) is 0 Å². The molecule has 0 spiro atoms. The topological polar surface area (TPSA) is 24.1 Å². The molecule has 0 saturated heterocycles. The minimum absolute atomic E-state index is 0.0359. The Kier molecular flexibility index (Phi) is 4.68. The van der Waals surface area contributed by atoms with Crippen LogP contribution in [-0.4, -0.2) is 5.11 Å². The van der Waals surface area contributed by atoms with Crippen LogP contribution in [0.4, 0.5) is 4.39 Å². The quantitative estimate of drug-likeness (QED) is 0.825. The molecule has 1 aromatic rings. The Morgan fingerprint density at radius 1 is 1.26 bits per heavy atom. The van der Waals surface area contributed by atoms with Gasteiger partial charge in [0.15, 0.2) is 5.11 Å². The van der Waals surface area contributed by atoms with Crippen molar-refractivity contribution in [3.63, 3.8) is 0 Å². The molecule has 0 fully saturated rings. The molecule has 0 aromatic heterocycles. The third-order valence-electron chi connectivity index (χ3n) is 2.97. The van der Waals surface area contributed by atoms with Gasteiger partial charge in [0.1, 0.15) is 5.82 Å². The number of rotatable bonds is 3. The monoisotopic (exact) mass is 276 g/mol. The average Bonchev–Trinajstić information content (AvgIpc) is 2.40. The lowest BCUT2D eigenvalue weighted by Gasteiger charge is -2.18. The summed E-state index contributed by atoms with van der Waals surface area (Å²) < 4.78 is 12.8. The van der Waals surface area contributed by atoms with E-state index in [2.05, 4.69) is 22.8 Å². The third kappa shape index (κ3) is 4.17. The lowest BCUT2D eigenvalue weighted by Crippen LogP contribution is -2.36. The SMILES string of the molecule is CC(NC(=S)NC1=CCCC=C1)c1ccc(F)cc1. The Hall–Kier alpha value is -1.68. The number of thiocarbonyl (C=S) groups is 1. The Labute approximate surface area is 118 Å². The van der Waals surface area contributed by atoms with E-state index in [-0.39, 0.29) is 11.9 Å². The summed E-state index contributed by atoms with van der Waals surface area (Å²) >= 11 is 5.27. The van der Waals surface area contributed by atoms with Gasteiger partial charge in [-0.2, -0.15) is 0 Å². The minimum Gasteiger partial charge on any atom is -0.356 e. The van der Waals surface area contributed by atoms with Crippen LogP contribution in [0.1, 0.15) is 31.4 Å². The van der Waals surface area contributed by atoms with Crippen LogP contribution >= 0.6 is 12.2 Å². The number of halogens is 1. The van der Waals surface area contributed by atoms with E-state index in [4.69, 9.17) is 12.2 Å². The van der Waals surface area contributed by atoms with Crippen LogP contribution in [0.25, 0.3) is 0 Å². The Bertz CT molecular complexity index is 505. The molecule has 0 amide bonds. The molecule has 1 aromatic carbocycles. The van der Waals surface area contributed by atoms with Crippen molar-refractivity contribution in [2.24, 2.45) is 0 Å². The summed E-state index contributed by atoms with van der Waals surface area (Å²) in [5, 5.41) is 6.92. The lowest BCUT2D eigenvalue weighted by molar-refractivity contribution is 0.624. The molecule has 2 nitrogen and oxygen atoms in total. The minimum atomic E-state index is -0.228. The van der Waals surface area contributed by atoms with Gasteiger partial charge < -0.3 is 10.6 Å². The highest BCUT2D eigenvalue weighted by Gasteiger charge is 2.07. The largest absolute Gasteiger partial charge is 0.356 e. The van der Waals surface area contributed by atoms with Crippen LogP contribution < -0.4 is 10.6 Å². The fourth-order valence-corrected chi connectivity index (χ4v) is 2.20. The molecule has 19 heavy (non-hydrogen) atoms. The summed E-state index contributed by atoms with van der Waals surface area (Å²) in [6.07, 6.45) is 8.39. The summed E-state index contributed by atoms with van der Waals surface area (Å²) in [6.45, 7) is 1.99. The number of hydrogen-bond donors (Lipinski definition) is 2. The zero-order valence-electron chi connectivity index (χ0n) is 10.8. The number of allylic oxidation sites excluding steroid dienone is 3. The number of nitrogens with one attached hydrogen (secondary N) is 2. The molecule has 1 unspecified atom stereocenters. The van der Waals surface area contributed by atoms with Crippen molar-refractivity contribution in [1.29, 1.82) is 0 Å². The first-order valence-corrected chi connectivity index (χ1v) is 6.75. The van der Waals surface area contributed by atoms with Crippen molar-refractivity contribution < 1.29 is 4.39 Å². The van der Waals surface area contributed by atoms with Gasteiger partial charge in [0, 0.05) is 5.70 Å². The molecule has 2 rings (SSSR count). The summed E-state index contributed by atoms with van der Waals surface area (Å²) in [6, 6.07) is 6.46. The molecule has 0 saturated carbocycles. The van der Waals surface area contributed by atoms with Crippen LogP contribution in [0.15, 0.2) is 48.2 Å². The molecule has 0 bridgehead atoms. The maximum Gasteiger partial charge on any atom is 0.171 e. The highest BCUT2D eigenvalue weighted by molar-refractivity contribution is 7.80. The maximum absolute atomic E-state index is 12.8. The number of benzene rings is 1. The number of hydrogen-bond acceptors (Lipinski definition) is 1. The van der Waals surface area contributed by atoms with Gasteiger partial charge in [-0.05, 0) is 55.8 Å². The highest BCUT2D eigenvalue weighted by atomic mass is 32.1. The maximum atomic E-state index is 12.8. The van der Waals surface area contributed by atoms with Gasteiger partial charge in [-0.15, -0.1) is 0 Å². The van der Waals surface area contributed by atoms with Crippen molar-refractivity contribution in [3.05, 3.63) is 59.6 Å². The Morgan fingerprint density at radius 3 is 2.63 bits per heavy atom. The van der Waals surface area contributed by atoms with Crippen LogP contribution in [0, 0.1) is 5.82 Å². The van der Waals surface area contributed by atoms with E-state index in [0.717, 1.165) is 24.1 Å². The third-order valence-corrected chi connectivity index (χ3v) is 3.19. The van der Waals surface area contributed by atoms with Gasteiger partial charge >= 0.3 is 0 Å². The smallest absolute Gasteiger partial charge is 0.171 e. The lowest BCUT2D eigenvalue weighted by atomic mass is 10.1. The predicted octanol–water partition coefficient (Wildman–Crippen LogP) is 3.58. The second kappa shape index (κ2) is 6.48. The van der Waals surface area contributed by atoms with E-state index >= 15 is 0 Å². The average molecular weight is 276 g/mol. The van der Waals surface area contributed by atoms with E-state index in [1.54, 1.807) is 12.1 Å². The first-order chi connectivity index (χ1) is 9.15. The van der Waals surface area contributed by atoms with Crippen LogP contribution in [0.3, 0.4) is 0 Å². The zero-order chi connectivity index (χ0) is 13.7. The summed E-state index contributed by atoms with van der Waals surface area (Å²) in [5.41, 5.74) is 2.02. The zero-order valence-corrected chi connectivity index (χ0v) is 11.6. The molecule has 4 heteroatoms. The second-order valence-electron chi connectivity index (χ2n) is 4.51. The van der Waals surface area contributed by atoms with E-state index in [9.17, 15) is 4.39 Å². The fraction of sp³-hybridized carbons (Fsp3) is 0.267. The molecule has 0 heterocycles. The molecule has 0 aliphatic heterocycles.